The lowest BCUT2D eigenvalue weighted by Gasteiger charge is -2.35. The third kappa shape index (κ3) is 3.53. The standard InChI is InChI=1S/C20H18O10/c21-9-4-11(23)17-12(24)6-14(29-16(17)5-9)8-1-2-10(22)15(3-8)30-20-19(27)18(26)13(25)7-28-20/h1-6,13,18-23,25-27H,7H2/t13-,18+,19?,20+/m1/s1. The van der Waals surface area contributed by atoms with Crippen LogP contribution in [0.3, 0.4) is 0 Å². The van der Waals surface area contributed by atoms with Crippen molar-refractivity contribution in [3.05, 3.63) is 46.6 Å². The molecular weight excluding hydrogens is 400 g/mol. The van der Waals surface area contributed by atoms with Gasteiger partial charge in [-0.1, -0.05) is 0 Å². The van der Waals surface area contributed by atoms with Crippen molar-refractivity contribution in [3.8, 4) is 34.3 Å². The van der Waals surface area contributed by atoms with Gasteiger partial charge in [-0.15, -0.1) is 0 Å². The molecule has 10 heteroatoms. The molecule has 0 aliphatic carbocycles. The first-order chi connectivity index (χ1) is 14.2. The molecule has 1 aliphatic heterocycles. The lowest BCUT2D eigenvalue weighted by atomic mass is 10.1. The first kappa shape index (κ1) is 20.0. The average molecular weight is 418 g/mol. The summed E-state index contributed by atoms with van der Waals surface area (Å²) in [5, 5.41) is 58.8. The summed E-state index contributed by atoms with van der Waals surface area (Å²) in [5.41, 5.74) is -0.299. The normalized spacial score (nSPS) is 24.1. The molecular formula is C20H18O10. The van der Waals surface area contributed by atoms with Gasteiger partial charge in [-0.05, 0) is 18.2 Å². The monoisotopic (exact) mass is 418 g/mol. The Hall–Kier alpha value is -3.31. The largest absolute Gasteiger partial charge is 0.508 e. The molecule has 2 aromatic carbocycles. The van der Waals surface area contributed by atoms with Crippen molar-refractivity contribution in [3.63, 3.8) is 0 Å². The van der Waals surface area contributed by atoms with Crippen LogP contribution in [-0.2, 0) is 4.74 Å². The van der Waals surface area contributed by atoms with Crippen molar-refractivity contribution in [2.24, 2.45) is 0 Å². The van der Waals surface area contributed by atoms with Gasteiger partial charge in [0.15, 0.2) is 16.9 Å². The van der Waals surface area contributed by atoms with Gasteiger partial charge in [0.1, 0.15) is 46.5 Å². The molecule has 1 aliphatic rings. The predicted molar refractivity (Wildman–Crippen MR) is 101 cm³/mol. The molecule has 1 saturated heterocycles. The average Bonchev–Trinajstić information content (AvgIpc) is 2.69. The summed E-state index contributed by atoms with van der Waals surface area (Å²) >= 11 is 0. The lowest BCUT2D eigenvalue weighted by molar-refractivity contribution is -0.242. The van der Waals surface area contributed by atoms with Gasteiger partial charge < -0.3 is 44.5 Å². The molecule has 0 amide bonds. The molecule has 0 saturated carbocycles. The van der Waals surface area contributed by atoms with Gasteiger partial charge in [0.2, 0.25) is 6.29 Å². The highest BCUT2D eigenvalue weighted by molar-refractivity contribution is 5.86. The Labute approximate surface area is 168 Å². The van der Waals surface area contributed by atoms with Gasteiger partial charge in [-0.25, -0.2) is 0 Å². The van der Waals surface area contributed by atoms with Crippen LogP contribution in [0.15, 0.2) is 45.6 Å². The molecule has 1 aromatic heterocycles. The van der Waals surface area contributed by atoms with E-state index in [1.54, 1.807) is 0 Å². The van der Waals surface area contributed by atoms with Crippen LogP contribution in [-0.4, -0.2) is 61.8 Å². The fraction of sp³-hybridized carbons (Fsp3) is 0.250. The SMILES string of the molecule is O=c1cc(-c2ccc(O)c(O[C@@H]3OC[C@@H](O)[C@H](O)C3O)c2)oc2cc(O)cc(O)c12. The van der Waals surface area contributed by atoms with Gasteiger partial charge in [-0.3, -0.25) is 4.79 Å². The van der Waals surface area contributed by atoms with E-state index in [9.17, 15) is 35.4 Å². The van der Waals surface area contributed by atoms with Crippen molar-refractivity contribution < 1.29 is 44.5 Å². The van der Waals surface area contributed by atoms with E-state index in [1.807, 2.05) is 0 Å². The highest BCUT2D eigenvalue weighted by Crippen LogP contribution is 2.35. The second kappa shape index (κ2) is 7.50. The third-order valence-corrected chi connectivity index (χ3v) is 4.74. The molecule has 4 rings (SSSR count). The van der Waals surface area contributed by atoms with Gasteiger partial charge >= 0.3 is 0 Å². The zero-order valence-electron chi connectivity index (χ0n) is 15.3. The maximum atomic E-state index is 12.4. The van der Waals surface area contributed by atoms with Gasteiger partial charge in [0, 0.05) is 23.8 Å². The van der Waals surface area contributed by atoms with Gasteiger partial charge in [0.25, 0.3) is 0 Å². The highest BCUT2D eigenvalue weighted by atomic mass is 16.7. The summed E-state index contributed by atoms with van der Waals surface area (Å²) in [4.78, 5) is 12.4. The number of aliphatic hydroxyl groups is 3. The zero-order valence-corrected chi connectivity index (χ0v) is 15.3. The summed E-state index contributed by atoms with van der Waals surface area (Å²) in [7, 11) is 0. The first-order valence-electron chi connectivity index (χ1n) is 8.90. The number of phenolic OH excluding ortho intramolecular Hbond substituents is 3. The van der Waals surface area contributed by atoms with Crippen LogP contribution in [0, 0.1) is 0 Å². The molecule has 10 nitrogen and oxygen atoms in total. The van der Waals surface area contributed by atoms with Gasteiger partial charge in [-0.2, -0.15) is 0 Å². The maximum Gasteiger partial charge on any atom is 0.229 e. The third-order valence-electron chi connectivity index (χ3n) is 4.74. The Morgan fingerprint density at radius 3 is 2.47 bits per heavy atom. The number of benzene rings is 2. The van der Waals surface area contributed by atoms with Crippen LogP contribution >= 0.6 is 0 Å². The summed E-state index contributed by atoms with van der Waals surface area (Å²) in [6.45, 7) is -0.282. The topological polar surface area (TPSA) is 170 Å². The van der Waals surface area contributed by atoms with Crippen molar-refractivity contribution in [2.75, 3.05) is 6.61 Å². The molecule has 30 heavy (non-hydrogen) atoms. The number of aliphatic hydroxyl groups excluding tert-OH is 3. The van der Waals surface area contributed by atoms with E-state index in [1.165, 1.54) is 24.3 Å². The highest BCUT2D eigenvalue weighted by Gasteiger charge is 2.39. The molecule has 0 radical (unpaired) electrons. The molecule has 2 heterocycles. The van der Waals surface area contributed by atoms with E-state index in [0.717, 1.165) is 12.1 Å². The Balaban J connectivity index is 1.71. The quantitative estimate of drug-likeness (QED) is 0.350. The molecule has 3 aromatic rings. The number of ether oxygens (including phenoxy) is 2. The number of hydrogen-bond donors (Lipinski definition) is 6. The van der Waals surface area contributed by atoms with E-state index < -0.39 is 35.8 Å². The molecule has 1 unspecified atom stereocenters. The number of phenols is 3. The van der Waals surface area contributed by atoms with Crippen molar-refractivity contribution in [1.29, 1.82) is 0 Å². The van der Waals surface area contributed by atoms with E-state index in [-0.39, 0.29) is 40.6 Å². The van der Waals surface area contributed by atoms with Crippen LogP contribution < -0.4 is 10.2 Å². The number of aromatic hydroxyl groups is 3. The minimum absolute atomic E-state index is 0.0475. The van der Waals surface area contributed by atoms with Crippen molar-refractivity contribution >= 4 is 11.0 Å². The Bertz CT molecular complexity index is 1150. The van der Waals surface area contributed by atoms with E-state index in [4.69, 9.17) is 13.9 Å². The van der Waals surface area contributed by atoms with Crippen molar-refractivity contribution in [1.82, 2.24) is 0 Å². The van der Waals surface area contributed by atoms with E-state index in [2.05, 4.69) is 0 Å². The molecule has 0 spiro atoms. The molecule has 158 valence electrons. The molecule has 1 fully saturated rings. The fourth-order valence-corrected chi connectivity index (χ4v) is 3.17. The van der Waals surface area contributed by atoms with Crippen molar-refractivity contribution in [2.45, 2.75) is 24.6 Å². The minimum Gasteiger partial charge on any atom is -0.508 e. The Morgan fingerprint density at radius 2 is 1.70 bits per heavy atom. The van der Waals surface area contributed by atoms with Crippen LogP contribution in [0.4, 0.5) is 0 Å². The molecule has 0 bridgehead atoms. The Kier molecular flexibility index (Phi) is 5.00. The Morgan fingerprint density at radius 1 is 0.933 bits per heavy atom. The zero-order chi connectivity index (χ0) is 21.6. The van der Waals surface area contributed by atoms with Gasteiger partial charge in [0.05, 0.1) is 6.61 Å². The van der Waals surface area contributed by atoms with Crippen LogP contribution in [0.1, 0.15) is 0 Å². The molecule has 6 N–H and O–H groups in total. The second-order valence-electron chi connectivity index (χ2n) is 6.86. The summed E-state index contributed by atoms with van der Waals surface area (Å²) in [6.07, 6.45) is -5.70. The van der Waals surface area contributed by atoms with E-state index in [0.29, 0.717) is 5.56 Å². The second-order valence-corrected chi connectivity index (χ2v) is 6.86. The fourth-order valence-electron chi connectivity index (χ4n) is 3.17. The maximum absolute atomic E-state index is 12.4. The molecule has 4 atom stereocenters. The number of hydrogen-bond acceptors (Lipinski definition) is 10. The van der Waals surface area contributed by atoms with Crippen LogP contribution in [0.5, 0.6) is 23.0 Å². The van der Waals surface area contributed by atoms with Crippen LogP contribution in [0.25, 0.3) is 22.3 Å². The summed E-state index contributed by atoms with van der Waals surface area (Å²) in [5.74, 6) is -1.11. The van der Waals surface area contributed by atoms with E-state index >= 15 is 0 Å². The summed E-state index contributed by atoms with van der Waals surface area (Å²) < 4.78 is 16.2. The minimum atomic E-state index is -1.57. The number of fused-ring (bicyclic) bond motifs is 1. The number of rotatable bonds is 3. The predicted octanol–water partition coefficient (Wildman–Crippen LogP) is 0.395. The van der Waals surface area contributed by atoms with Crippen LogP contribution in [0.2, 0.25) is 0 Å². The summed E-state index contributed by atoms with van der Waals surface area (Å²) in [6, 6.07) is 7.33. The lowest BCUT2D eigenvalue weighted by Crippen LogP contribution is -2.54. The first-order valence-corrected chi connectivity index (χ1v) is 8.90. The smallest absolute Gasteiger partial charge is 0.229 e.